The number of benzene rings is 1. The second kappa shape index (κ2) is 6.39. The van der Waals surface area contributed by atoms with Crippen LogP contribution >= 0.6 is 0 Å². The Bertz CT molecular complexity index is 1260. The number of fused-ring (bicyclic) bond motifs is 1. The molecule has 31 heavy (non-hydrogen) atoms. The third kappa shape index (κ3) is 2.59. The molecule has 2 aromatic heterocycles. The van der Waals surface area contributed by atoms with Gasteiger partial charge in [0.25, 0.3) is 0 Å². The molecule has 0 N–H and O–H groups in total. The van der Waals surface area contributed by atoms with Crippen LogP contribution in [0.1, 0.15) is 53.6 Å². The molecule has 1 atom stereocenters. The number of anilines is 1. The van der Waals surface area contributed by atoms with Gasteiger partial charge in [-0.05, 0) is 65.3 Å². The Morgan fingerprint density at radius 1 is 0.871 bits per heavy atom. The molecule has 5 nitrogen and oxygen atoms in total. The van der Waals surface area contributed by atoms with Gasteiger partial charge < -0.3 is 18.5 Å². The summed E-state index contributed by atoms with van der Waals surface area (Å²) in [4.78, 5) is 7.23. The molecule has 1 spiro atoms. The summed E-state index contributed by atoms with van der Waals surface area (Å²) in [7, 11) is 2.07. The minimum Gasteiger partial charge on any atom is -0.466 e. The Hall–Kier alpha value is -3.21. The van der Waals surface area contributed by atoms with Crippen molar-refractivity contribution in [3.8, 4) is 0 Å². The van der Waals surface area contributed by atoms with Gasteiger partial charge in [0, 0.05) is 18.3 Å². The molecule has 2 aliphatic heterocycles. The van der Waals surface area contributed by atoms with Crippen LogP contribution in [0.4, 0.5) is 5.69 Å². The molecule has 0 aliphatic carbocycles. The fourth-order valence-corrected chi connectivity index (χ4v) is 5.07. The Labute approximate surface area is 183 Å². The summed E-state index contributed by atoms with van der Waals surface area (Å²) in [5, 5.41) is 0. The fourth-order valence-electron chi connectivity index (χ4n) is 5.07. The summed E-state index contributed by atoms with van der Waals surface area (Å²) in [5.41, 5.74) is 3.92. The van der Waals surface area contributed by atoms with Gasteiger partial charge >= 0.3 is 0 Å². The summed E-state index contributed by atoms with van der Waals surface area (Å²) in [6.07, 6.45) is 1.95. The highest BCUT2D eigenvalue weighted by Crippen LogP contribution is 2.54. The number of likely N-dealkylation sites (N-methyl/N-ethyl adjacent to an activating group) is 1. The number of para-hydroxylation sites is 1. The molecule has 2 aliphatic rings. The lowest BCUT2D eigenvalue weighted by Crippen LogP contribution is -2.58. The number of hydrogen-bond acceptors (Lipinski definition) is 5. The summed E-state index contributed by atoms with van der Waals surface area (Å²) in [5.74, 6) is 4.04. The van der Waals surface area contributed by atoms with E-state index < -0.39 is 5.72 Å². The van der Waals surface area contributed by atoms with Gasteiger partial charge in [-0.15, -0.1) is 0 Å². The van der Waals surface area contributed by atoms with Crippen LogP contribution < -0.4 is 4.90 Å². The lowest BCUT2D eigenvalue weighted by molar-refractivity contribution is 0.0547. The van der Waals surface area contributed by atoms with Gasteiger partial charge in [-0.2, -0.15) is 0 Å². The van der Waals surface area contributed by atoms with Crippen molar-refractivity contribution in [2.75, 3.05) is 11.9 Å². The van der Waals surface area contributed by atoms with Crippen molar-refractivity contribution in [1.29, 1.82) is 0 Å². The van der Waals surface area contributed by atoms with E-state index in [4.69, 9.17) is 18.6 Å². The second-order valence-corrected chi connectivity index (χ2v) is 9.09. The second-order valence-electron chi connectivity index (χ2n) is 9.09. The predicted octanol–water partition coefficient (Wildman–Crippen LogP) is 6.16. The average Bonchev–Trinajstić information content (AvgIpc) is 3.30. The lowest BCUT2D eigenvalue weighted by Gasteiger charge is -2.45. The van der Waals surface area contributed by atoms with Gasteiger partial charge in [0.2, 0.25) is 5.72 Å². The Morgan fingerprint density at radius 2 is 1.48 bits per heavy atom. The minimum absolute atomic E-state index is 0.327. The van der Waals surface area contributed by atoms with E-state index in [1.165, 1.54) is 5.56 Å². The van der Waals surface area contributed by atoms with Gasteiger partial charge in [-0.25, -0.2) is 0 Å². The minimum atomic E-state index is -0.764. The van der Waals surface area contributed by atoms with E-state index in [9.17, 15) is 0 Å². The van der Waals surface area contributed by atoms with Crippen LogP contribution in [-0.4, -0.2) is 19.0 Å². The highest BCUT2D eigenvalue weighted by molar-refractivity contribution is 5.98. The summed E-state index contributed by atoms with van der Waals surface area (Å²) >= 11 is 0. The first-order valence-electron chi connectivity index (χ1n) is 10.6. The number of aryl methyl sites for hydroxylation is 4. The van der Waals surface area contributed by atoms with E-state index in [0.29, 0.717) is 5.76 Å². The highest BCUT2D eigenvalue weighted by atomic mass is 16.5. The van der Waals surface area contributed by atoms with Crippen LogP contribution in [0.25, 0.3) is 11.5 Å². The van der Waals surface area contributed by atoms with E-state index >= 15 is 0 Å². The first kappa shape index (κ1) is 19.7. The molecule has 1 unspecified atom stereocenters. The third-order valence-corrected chi connectivity index (χ3v) is 6.76. The quantitative estimate of drug-likeness (QED) is 0.502. The summed E-state index contributed by atoms with van der Waals surface area (Å²) in [6, 6.07) is 12.5. The van der Waals surface area contributed by atoms with Crippen molar-refractivity contribution in [2.45, 2.75) is 52.7 Å². The first-order chi connectivity index (χ1) is 14.7. The normalized spacial score (nSPS) is 21.7. The van der Waals surface area contributed by atoms with Crippen molar-refractivity contribution in [1.82, 2.24) is 0 Å². The lowest BCUT2D eigenvalue weighted by atomic mass is 9.77. The number of hydrogen-bond donors (Lipinski definition) is 0. The summed E-state index contributed by atoms with van der Waals surface area (Å²) in [6.45, 7) is 12.3. The number of aliphatic imine (C=N–C) groups is 1. The molecule has 5 rings (SSSR count). The Morgan fingerprint density at radius 3 is 2.06 bits per heavy atom. The molecule has 1 aromatic carbocycles. The van der Waals surface area contributed by atoms with Crippen LogP contribution in [0.3, 0.4) is 0 Å². The van der Waals surface area contributed by atoms with E-state index in [0.717, 1.165) is 45.6 Å². The molecule has 4 heterocycles. The van der Waals surface area contributed by atoms with Gasteiger partial charge in [-0.1, -0.05) is 18.2 Å². The van der Waals surface area contributed by atoms with E-state index in [1.807, 2.05) is 46.0 Å². The monoisotopic (exact) mass is 416 g/mol. The number of ether oxygens (including phenoxy) is 1. The largest absolute Gasteiger partial charge is 0.466 e. The third-order valence-electron chi connectivity index (χ3n) is 6.76. The van der Waals surface area contributed by atoms with Crippen molar-refractivity contribution in [3.63, 3.8) is 0 Å². The van der Waals surface area contributed by atoms with Crippen LogP contribution in [0.15, 0.2) is 50.2 Å². The van der Waals surface area contributed by atoms with Crippen molar-refractivity contribution < 1.29 is 13.6 Å². The average molecular weight is 417 g/mol. The first-order valence-corrected chi connectivity index (χ1v) is 10.6. The van der Waals surface area contributed by atoms with Gasteiger partial charge in [-0.3, -0.25) is 4.99 Å². The van der Waals surface area contributed by atoms with Gasteiger partial charge in [0.15, 0.2) is 5.76 Å². The summed E-state index contributed by atoms with van der Waals surface area (Å²) < 4.78 is 18.7. The topological polar surface area (TPSA) is 51.1 Å². The maximum Gasteiger partial charge on any atom is 0.228 e. The molecule has 0 amide bonds. The zero-order chi connectivity index (χ0) is 22.1. The smallest absolute Gasteiger partial charge is 0.228 e. The zero-order valence-electron chi connectivity index (χ0n) is 19.2. The molecule has 160 valence electrons. The SMILES string of the molecule is Cc1cc(C2=C(c3cc(C)oc3C)OC3(C=N2)N(C)c2ccccc2C3(C)C)c(C)o1. The molecule has 3 aromatic rings. The Kier molecular flexibility index (Phi) is 4.07. The highest BCUT2D eigenvalue weighted by Gasteiger charge is 2.59. The molecule has 0 radical (unpaired) electrons. The number of furan rings is 2. The number of rotatable bonds is 2. The van der Waals surface area contributed by atoms with Crippen molar-refractivity contribution in [3.05, 3.63) is 76.1 Å². The van der Waals surface area contributed by atoms with Crippen molar-refractivity contribution >= 4 is 23.4 Å². The standard InChI is InChI=1S/C26H28N2O3/c1-15-12-19(17(3)29-15)23-24(20-13-16(2)30-18(20)4)31-26(14-27-23)25(5,6)21-10-8-9-11-22(21)28(26)7/h8-14H,1-7H3. The van der Waals surface area contributed by atoms with Gasteiger partial charge in [0.05, 0.1) is 17.2 Å². The van der Waals surface area contributed by atoms with E-state index in [-0.39, 0.29) is 5.41 Å². The Balaban J connectivity index is 1.74. The molecule has 5 heteroatoms. The molecular weight excluding hydrogens is 388 g/mol. The van der Waals surface area contributed by atoms with E-state index in [1.54, 1.807) is 0 Å². The molecule has 0 fully saturated rings. The molecule has 0 saturated carbocycles. The van der Waals surface area contributed by atoms with Gasteiger partial charge in [0.1, 0.15) is 28.7 Å². The van der Waals surface area contributed by atoms with Crippen LogP contribution in [-0.2, 0) is 10.2 Å². The zero-order valence-corrected chi connectivity index (χ0v) is 19.2. The number of nitrogens with zero attached hydrogens (tertiary/aromatic N) is 2. The van der Waals surface area contributed by atoms with E-state index in [2.05, 4.69) is 50.1 Å². The van der Waals surface area contributed by atoms with Crippen molar-refractivity contribution in [2.24, 2.45) is 4.99 Å². The predicted molar refractivity (Wildman–Crippen MR) is 123 cm³/mol. The molecule has 0 saturated heterocycles. The molecular formula is C26H28N2O3. The van der Waals surface area contributed by atoms with Crippen LogP contribution in [0.5, 0.6) is 0 Å². The molecule has 0 bridgehead atoms. The maximum atomic E-state index is 7.01. The fraction of sp³-hybridized carbons (Fsp3) is 0.346. The van der Waals surface area contributed by atoms with Crippen LogP contribution in [0.2, 0.25) is 0 Å². The maximum absolute atomic E-state index is 7.01. The van der Waals surface area contributed by atoms with Crippen LogP contribution in [0, 0.1) is 27.7 Å².